The van der Waals surface area contributed by atoms with Crippen molar-refractivity contribution in [2.45, 2.75) is 19.0 Å². The predicted octanol–water partition coefficient (Wildman–Crippen LogP) is 3.09. The second-order valence-electron chi connectivity index (χ2n) is 6.70. The van der Waals surface area contributed by atoms with Crippen molar-refractivity contribution in [1.29, 1.82) is 0 Å². The Morgan fingerprint density at radius 3 is 2.71 bits per heavy atom. The monoisotopic (exact) mass is 419 g/mol. The topological polar surface area (TPSA) is 94.2 Å². The van der Waals surface area contributed by atoms with Gasteiger partial charge in [0.15, 0.2) is 21.3 Å². The molecule has 0 aliphatic carbocycles. The van der Waals surface area contributed by atoms with Crippen molar-refractivity contribution in [3.8, 4) is 11.5 Å². The van der Waals surface area contributed by atoms with E-state index in [1.807, 2.05) is 12.1 Å². The van der Waals surface area contributed by atoms with Gasteiger partial charge in [0.05, 0.1) is 23.8 Å². The average Bonchev–Trinajstić information content (AvgIpc) is 3.39. The molecular weight excluding hydrogens is 402 g/mol. The minimum absolute atomic E-state index is 0.00816. The normalized spacial score (nSPS) is 18.2. The van der Waals surface area contributed by atoms with Crippen LogP contribution in [-0.4, -0.2) is 35.6 Å². The van der Waals surface area contributed by atoms with Gasteiger partial charge >= 0.3 is 0 Å². The van der Waals surface area contributed by atoms with Crippen molar-refractivity contribution >= 4 is 27.3 Å². The van der Waals surface area contributed by atoms with Gasteiger partial charge in [-0.2, -0.15) is 5.10 Å². The molecule has 28 heavy (non-hydrogen) atoms. The smallest absolute Gasteiger partial charge is 0.272 e. The highest BCUT2D eigenvalue weighted by molar-refractivity contribution is 7.91. The third kappa shape index (κ3) is 3.98. The predicted molar refractivity (Wildman–Crippen MR) is 105 cm³/mol. The molecular formula is C19H18ClN3O4S. The first kappa shape index (κ1) is 18.8. The second kappa shape index (κ2) is 7.44. The number of furan rings is 1. The van der Waals surface area contributed by atoms with Gasteiger partial charge in [0.1, 0.15) is 5.69 Å². The lowest BCUT2D eigenvalue weighted by molar-refractivity contribution is 0.0945. The molecule has 0 bridgehead atoms. The maximum Gasteiger partial charge on any atom is 0.272 e. The number of carbonyl (C=O) groups is 1. The first-order chi connectivity index (χ1) is 13.4. The minimum atomic E-state index is -3.09. The maximum atomic E-state index is 12.6. The van der Waals surface area contributed by atoms with E-state index in [0.717, 1.165) is 5.56 Å². The van der Waals surface area contributed by atoms with Crippen LogP contribution in [0, 0.1) is 0 Å². The molecule has 1 amide bonds. The van der Waals surface area contributed by atoms with E-state index >= 15 is 0 Å². The van der Waals surface area contributed by atoms with Gasteiger partial charge in [-0.3, -0.25) is 9.48 Å². The molecule has 1 aromatic carbocycles. The van der Waals surface area contributed by atoms with Crippen LogP contribution in [0.2, 0.25) is 5.02 Å². The van der Waals surface area contributed by atoms with Crippen molar-refractivity contribution in [2.24, 2.45) is 0 Å². The maximum absolute atomic E-state index is 12.6. The van der Waals surface area contributed by atoms with Gasteiger partial charge in [-0.05, 0) is 36.2 Å². The van der Waals surface area contributed by atoms with Crippen LogP contribution in [0.25, 0.3) is 11.5 Å². The SMILES string of the molecule is O=C(NCc1ccc(Cl)cc1)c1cc(-c2ccco2)n(C2CCS(=O)(=O)C2)n1. The number of carbonyl (C=O) groups excluding carboxylic acids is 1. The van der Waals surface area contributed by atoms with Gasteiger partial charge in [0.25, 0.3) is 5.91 Å². The Hall–Kier alpha value is -2.58. The lowest BCUT2D eigenvalue weighted by Gasteiger charge is -2.11. The number of hydrogen-bond acceptors (Lipinski definition) is 5. The van der Waals surface area contributed by atoms with Crippen LogP contribution in [0.15, 0.2) is 53.1 Å². The fourth-order valence-corrected chi connectivity index (χ4v) is 5.05. The third-order valence-corrected chi connectivity index (χ3v) is 6.66. The summed E-state index contributed by atoms with van der Waals surface area (Å²) in [5, 5.41) is 7.85. The zero-order chi connectivity index (χ0) is 19.7. The minimum Gasteiger partial charge on any atom is -0.463 e. The van der Waals surface area contributed by atoms with Gasteiger partial charge in [-0.25, -0.2) is 8.42 Å². The molecule has 0 saturated carbocycles. The Bertz CT molecular complexity index is 1090. The van der Waals surface area contributed by atoms with Crippen LogP contribution in [0.1, 0.15) is 28.5 Å². The highest BCUT2D eigenvalue weighted by Gasteiger charge is 2.32. The summed E-state index contributed by atoms with van der Waals surface area (Å²) >= 11 is 5.87. The van der Waals surface area contributed by atoms with Gasteiger partial charge in [0.2, 0.25) is 0 Å². The lowest BCUT2D eigenvalue weighted by atomic mass is 10.2. The number of hydrogen-bond donors (Lipinski definition) is 1. The Kier molecular flexibility index (Phi) is 4.99. The van der Waals surface area contributed by atoms with Crippen LogP contribution in [0.4, 0.5) is 0 Å². The molecule has 1 N–H and O–H groups in total. The summed E-state index contributed by atoms with van der Waals surface area (Å²) in [6, 6.07) is 12.0. The molecule has 1 aliphatic rings. The summed E-state index contributed by atoms with van der Waals surface area (Å²) in [5.74, 6) is 0.317. The summed E-state index contributed by atoms with van der Waals surface area (Å²) in [4.78, 5) is 12.6. The molecule has 7 nitrogen and oxygen atoms in total. The number of rotatable bonds is 5. The largest absolute Gasteiger partial charge is 0.463 e. The zero-order valence-electron chi connectivity index (χ0n) is 14.8. The van der Waals surface area contributed by atoms with Crippen LogP contribution in [-0.2, 0) is 16.4 Å². The van der Waals surface area contributed by atoms with E-state index in [2.05, 4.69) is 10.4 Å². The number of sulfone groups is 1. The van der Waals surface area contributed by atoms with Crippen molar-refractivity contribution < 1.29 is 17.6 Å². The highest BCUT2D eigenvalue weighted by atomic mass is 35.5. The third-order valence-electron chi connectivity index (χ3n) is 4.66. The first-order valence-corrected chi connectivity index (χ1v) is 11.0. The van der Waals surface area contributed by atoms with Crippen LogP contribution >= 0.6 is 11.6 Å². The number of aromatic nitrogens is 2. The van der Waals surface area contributed by atoms with Crippen molar-refractivity contribution in [3.63, 3.8) is 0 Å². The molecule has 1 unspecified atom stereocenters. The molecule has 3 heterocycles. The Labute approximate surface area is 167 Å². The first-order valence-electron chi connectivity index (χ1n) is 8.78. The number of halogens is 1. The van der Waals surface area contributed by atoms with Gasteiger partial charge in [-0.15, -0.1) is 0 Å². The standard InChI is InChI=1S/C19H18ClN3O4S/c20-14-5-3-13(4-6-14)11-21-19(24)16-10-17(18-2-1-8-27-18)23(22-16)15-7-9-28(25,26)12-15/h1-6,8,10,15H,7,9,11-12H2,(H,21,24). The summed E-state index contributed by atoms with van der Waals surface area (Å²) < 4.78 is 30.8. The second-order valence-corrected chi connectivity index (χ2v) is 9.37. The van der Waals surface area contributed by atoms with Gasteiger partial charge < -0.3 is 9.73 Å². The molecule has 4 rings (SSSR count). The fraction of sp³-hybridized carbons (Fsp3) is 0.263. The average molecular weight is 420 g/mol. The Morgan fingerprint density at radius 2 is 2.07 bits per heavy atom. The van der Waals surface area contributed by atoms with Crippen LogP contribution in [0.5, 0.6) is 0 Å². The van der Waals surface area contributed by atoms with E-state index in [1.165, 1.54) is 6.26 Å². The molecule has 1 fully saturated rings. The van der Waals surface area contributed by atoms with Gasteiger partial charge in [0, 0.05) is 17.6 Å². The molecule has 0 spiro atoms. The molecule has 1 aliphatic heterocycles. The van der Waals surface area contributed by atoms with Gasteiger partial charge in [-0.1, -0.05) is 23.7 Å². The van der Waals surface area contributed by atoms with E-state index in [1.54, 1.807) is 35.0 Å². The molecule has 1 atom stereocenters. The molecule has 9 heteroatoms. The van der Waals surface area contributed by atoms with E-state index in [9.17, 15) is 13.2 Å². The molecule has 2 aromatic heterocycles. The van der Waals surface area contributed by atoms with E-state index in [0.29, 0.717) is 29.4 Å². The lowest BCUT2D eigenvalue weighted by Crippen LogP contribution is -2.23. The Morgan fingerprint density at radius 1 is 1.29 bits per heavy atom. The summed E-state index contributed by atoms with van der Waals surface area (Å²) in [6.45, 7) is 0.330. The molecule has 146 valence electrons. The quantitative estimate of drug-likeness (QED) is 0.685. The van der Waals surface area contributed by atoms with E-state index < -0.39 is 9.84 Å². The summed E-state index contributed by atoms with van der Waals surface area (Å²) in [7, 11) is -3.09. The summed E-state index contributed by atoms with van der Waals surface area (Å²) in [6.07, 6.45) is 1.99. The molecule has 3 aromatic rings. The van der Waals surface area contributed by atoms with Crippen molar-refractivity contribution in [2.75, 3.05) is 11.5 Å². The molecule has 1 saturated heterocycles. The Balaban J connectivity index is 1.58. The van der Waals surface area contributed by atoms with Crippen molar-refractivity contribution in [1.82, 2.24) is 15.1 Å². The number of benzene rings is 1. The zero-order valence-corrected chi connectivity index (χ0v) is 16.4. The summed E-state index contributed by atoms with van der Waals surface area (Å²) in [5.41, 5.74) is 1.71. The molecule has 0 radical (unpaired) electrons. The van der Waals surface area contributed by atoms with Crippen LogP contribution in [0.3, 0.4) is 0 Å². The van der Waals surface area contributed by atoms with E-state index in [4.69, 9.17) is 16.0 Å². The number of nitrogens with one attached hydrogen (secondary N) is 1. The van der Waals surface area contributed by atoms with E-state index in [-0.39, 0.29) is 29.1 Å². The fourth-order valence-electron chi connectivity index (χ4n) is 3.24. The van der Waals surface area contributed by atoms with Crippen molar-refractivity contribution in [3.05, 3.63) is 65.0 Å². The number of nitrogens with zero attached hydrogens (tertiary/aromatic N) is 2. The number of amides is 1. The highest BCUT2D eigenvalue weighted by Crippen LogP contribution is 2.30. The van der Waals surface area contributed by atoms with Crippen LogP contribution < -0.4 is 5.32 Å².